The monoisotopic (exact) mass is 624 g/mol. The van der Waals surface area contributed by atoms with E-state index in [-0.39, 0.29) is 0 Å². The molecular formula is C44H32S2. The topological polar surface area (TPSA) is 0 Å². The van der Waals surface area contributed by atoms with Gasteiger partial charge in [-0.2, -0.15) is 0 Å². The van der Waals surface area contributed by atoms with Gasteiger partial charge in [-0.25, -0.2) is 0 Å². The molecule has 10 rings (SSSR count). The number of benzene rings is 4. The van der Waals surface area contributed by atoms with Gasteiger partial charge in [0.25, 0.3) is 0 Å². The van der Waals surface area contributed by atoms with E-state index in [0.717, 1.165) is 12.8 Å². The zero-order valence-corrected chi connectivity index (χ0v) is 27.0. The molecule has 0 amide bonds. The van der Waals surface area contributed by atoms with Crippen LogP contribution in [0.5, 0.6) is 0 Å². The third-order valence-corrected chi connectivity index (χ3v) is 13.1. The molecule has 0 N–H and O–H groups in total. The molecule has 0 spiro atoms. The van der Waals surface area contributed by atoms with Gasteiger partial charge in [0.1, 0.15) is 0 Å². The van der Waals surface area contributed by atoms with Crippen LogP contribution >= 0.6 is 23.1 Å². The molecule has 1 aromatic heterocycles. The Balaban J connectivity index is 1.15. The van der Waals surface area contributed by atoms with E-state index >= 15 is 0 Å². The highest BCUT2D eigenvalue weighted by atomic mass is 32.2. The molecule has 4 atom stereocenters. The van der Waals surface area contributed by atoms with Crippen molar-refractivity contribution in [2.24, 2.45) is 11.8 Å². The molecule has 4 unspecified atom stereocenters. The van der Waals surface area contributed by atoms with Crippen LogP contribution in [0.3, 0.4) is 0 Å². The summed E-state index contributed by atoms with van der Waals surface area (Å²) >= 11 is 3.99. The van der Waals surface area contributed by atoms with Gasteiger partial charge < -0.3 is 0 Å². The summed E-state index contributed by atoms with van der Waals surface area (Å²) in [7, 11) is 0. The van der Waals surface area contributed by atoms with Crippen molar-refractivity contribution >= 4 is 48.8 Å². The molecule has 4 aliphatic carbocycles. The second-order valence-corrected chi connectivity index (χ2v) is 15.4. The first-order chi connectivity index (χ1) is 22.8. The average molecular weight is 625 g/mol. The Bertz CT molecular complexity index is 2300. The van der Waals surface area contributed by atoms with Crippen LogP contribution in [0.25, 0.3) is 25.7 Å². The molecule has 1 aliphatic heterocycles. The van der Waals surface area contributed by atoms with E-state index in [0.29, 0.717) is 23.0 Å². The zero-order valence-electron chi connectivity index (χ0n) is 25.4. The van der Waals surface area contributed by atoms with Gasteiger partial charge in [-0.15, -0.1) is 23.1 Å². The first-order valence-electron chi connectivity index (χ1n) is 16.4. The predicted octanol–water partition coefficient (Wildman–Crippen LogP) is 12.1. The van der Waals surface area contributed by atoms with Gasteiger partial charge in [-0.05, 0) is 75.6 Å². The van der Waals surface area contributed by atoms with Crippen LogP contribution in [-0.4, -0.2) is 0 Å². The molecule has 0 saturated heterocycles. The number of allylic oxidation sites excluding steroid dienone is 13. The SMILES string of the molecule is C1=CC2=CC=C(C3c4ccccc4C(c4cccc5sc6cc7c(cc6c45)CC(c4ccccc4)S7)=C4C=CC=CC43)CC2C=C1. The Hall–Kier alpha value is -4.37. The zero-order chi connectivity index (χ0) is 30.2. The summed E-state index contributed by atoms with van der Waals surface area (Å²) in [4.78, 5) is 1.45. The van der Waals surface area contributed by atoms with Crippen molar-refractivity contribution in [1.29, 1.82) is 0 Å². The molecule has 0 fully saturated rings. The summed E-state index contributed by atoms with van der Waals surface area (Å²) in [5.41, 5.74) is 13.0. The van der Waals surface area contributed by atoms with Crippen molar-refractivity contribution in [1.82, 2.24) is 0 Å². The van der Waals surface area contributed by atoms with Gasteiger partial charge in [0, 0.05) is 48.1 Å². The number of rotatable bonds is 3. The van der Waals surface area contributed by atoms with Crippen LogP contribution < -0.4 is 0 Å². The van der Waals surface area contributed by atoms with Crippen LogP contribution in [0, 0.1) is 11.8 Å². The summed E-state index contributed by atoms with van der Waals surface area (Å²) in [6.45, 7) is 0. The Morgan fingerprint density at radius 3 is 2.48 bits per heavy atom. The van der Waals surface area contributed by atoms with Crippen molar-refractivity contribution in [2.45, 2.75) is 28.9 Å². The standard InChI is InChI=1S/C44H32S2/c1-2-12-28(13-3-1)39-25-31-24-37-41(26-40(31)46-39)45-38-20-10-19-36(44(37)38)43-34-17-8-6-15-32(34)42(33-16-7-9-18-35(33)43)30-22-21-27-11-4-5-14-29(27)23-30/h1-22,24,26,29,32,39,42H,23,25H2. The van der Waals surface area contributed by atoms with E-state index < -0.39 is 0 Å². The highest BCUT2D eigenvalue weighted by molar-refractivity contribution is 7.99. The summed E-state index contributed by atoms with van der Waals surface area (Å²) < 4.78 is 2.78. The van der Waals surface area contributed by atoms with Gasteiger partial charge in [0.15, 0.2) is 0 Å². The van der Waals surface area contributed by atoms with E-state index in [4.69, 9.17) is 0 Å². The van der Waals surface area contributed by atoms with Gasteiger partial charge in [-0.1, -0.05) is 133 Å². The third-order valence-electron chi connectivity index (χ3n) is 10.6. The Morgan fingerprint density at radius 1 is 0.674 bits per heavy atom. The van der Waals surface area contributed by atoms with Crippen LogP contribution in [-0.2, 0) is 6.42 Å². The molecule has 4 aromatic carbocycles. The molecule has 5 aliphatic rings. The van der Waals surface area contributed by atoms with Crippen molar-refractivity contribution in [2.75, 3.05) is 0 Å². The first-order valence-corrected chi connectivity index (χ1v) is 18.1. The Labute approximate surface area is 278 Å². The smallest absolute Gasteiger partial charge is 0.0385 e. The number of thioether (sulfide) groups is 1. The molecule has 0 radical (unpaired) electrons. The lowest BCUT2D eigenvalue weighted by atomic mass is 9.64. The van der Waals surface area contributed by atoms with E-state index in [2.05, 4.69) is 146 Å². The highest BCUT2D eigenvalue weighted by Crippen LogP contribution is 2.55. The van der Waals surface area contributed by atoms with Crippen LogP contribution in [0.15, 0.2) is 167 Å². The van der Waals surface area contributed by atoms with Gasteiger partial charge >= 0.3 is 0 Å². The fourth-order valence-electron chi connectivity index (χ4n) is 8.52. The number of hydrogen-bond donors (Lipinski definition) is 0. The maximum Gasteiger partial charge on any atom is 0.0385 e. The van der Waals surface area contributed by atoms with Crippen molar-refractivity contribution in [3.63, 3.8) is 0 Å². The highest BCUT2D eigenvalue weighted by Gasteiger charge is 2.38. The summed E-state index contributed by atoms with van der Waals surface area (Å²) in [6, 6.07) is 32.3. The molecule has 2 heteroatoms. The lowest BCUT2D eigenvalue weighted by molar-refractivity contribution is 0.585. The summed E-state index contributed by atoms with van der Waals surface area (Å²) in [5, 5.41) is 3.32. The van der Waals surface area contributed by atoms with E-state index in [9.17, 15) is 0 Å². The lowest BCUT2D eigenvalue weighted by Gasteiger charge is -2.39. The Kier molecular flexibility index (Phi) is 6.17. The van der Waals surface area contributed by atoms with E-state index in [1.807, 2.05) is 23.1 Å². The van der Waals surface area contributed by atoms with Crippen LogP contribution in [0.1, 0.15) is 45.4 Å². The largest absolute Gasteiger partial charge is 0.135 e. The van der Waals surface area contributed by atoms with Gasteiger partial charge in [0.05, 0.1) is 0 Å². The first kappa shape index (κ1) is 26.8. The molecule has 0 nitrogen and oxygen atoms in total. The second kappa shape index (κ2) is 10.6. The van der Waals surface area contributed by atoms with E-state index in [1.165, 1.54) is 69.6 Å². The molecule has 220 valence electrons. The van der Waals surface area contributed by atoms with Crippen LogP contribution in [0.4, 0.5) is 0 Å². The maximum absolute atomic E-state index is 2.53. The molecular weight excluding hydrogens is 593 g/mol. The van der Waals surface area contributed by atoms with Gasteiger partial charge in [0.2, 0.25) is 0 Å². The average Bonchev–Trinajstić information content (AvgIpc) is 3.70. The number of hydrogen-bond acceptors (Lipinski definition) is 2. The van der Waals surface area contributed by atoms with Crippen molar-refractivity contribution < 1.29 is 0 Å². The lowest BCUT2D eigenvalue weighted by Crippen LogP contribution is -2.25. The molecule has 0 saturated carbocycles. The molecule has 0 bridgehead atoms. The predicted molar refractivity (Wildman–Crippen MR) is 198 cm³/mol. The van der Waals surface area contributed by atoms with Crippen molar-refractivity contribution in [3.8, 4) is 0 Å². The Morgan fingerprint density at radius 2 is 1.52 bits per heavy atom. The van der Waals surface area contributed by atoms with E-state index in [1.54, 1.807) is 5.57 Å². The summed E-state index contributed by atoms with van der Waals surface area (Å²) in [6.07, 6.45) is 25.4. The second-order valence-electron chi connectivity index (χ2n) is 13.1. The maximum atomic E-state index is 2.53. The normalized spacial score (nSPS) is 24.1. The molecule has 2 heterocycles. The fourth-order valence-corrected chi connectivity index (χ4v) is 11.1. The summed E-state index contributed by atoms with van der Waals surface area (Å²) in [5.74, 6) is 1.12. The minimum Gasteiger partial charge on any atom is -0.135 e. The molecule has 46 heavy (non-hydrogen) atoms. The molecule has 5 aromatic rings. The van der Waals surface area contributed by atoms with Gasteiger partial charge in [-0.3, -0.25) is 0 Å². The van der Waals surface area contributed by atoms with Crippen molar-refractivity contribution in [3.05, 3.63) is 190 Å². The fraction of sp³-hybridized carbons (Fsp3) is 0.136. The number of thiophene rings is 1. The minimum atomic E-state index is 0.312. The third kappa shape index (κ3) is 4.13. The number of fused-ring (bicyclic) bond motifs is 7. The minimum absolute atomic E-state index is 0.312. The van der Waals surface area contributed by atoms with Crippen LogP contribution in [0.2, 0.25) is 0 Å². The quantitative estimate of drug-likeness (QED) is 0.192.